The molecule has 16 heavy (non-hydrogen) atoms. The molecule has 0 spiro atoms. The highest BCUT2D eigenvalue weighted by atomic mass is 15.1. The topological polar surface area (TPSA) is 3.24 Å². The van der Waals surface area contributed by atoms with E-state index >= 15 is 0 Å². The van der Waals surface area contributed by atoms with Crippen LogP contribution in [0, 0.1) is 5.92 Å². The van der Waals surface area contributed by atoms with Gasteiger partial charge in [0, 0.05) is 6.54 Å². The predicted molar refractivity (Wildman–Crippen MR) is 72.6 cm³/mol. The van der Waals surface area contributed by atoms with Gasteiger partial charge in [-0.15, -0.1) is 0 Å². The first-order chi connectivity index (χ1) is 7.77. The minimum Gasteiger partial charge on any atom is -0.303 e. The van der Waals surface area contributed by atoms with Gasteiger partial charge in [-0.3, -0.25) is 0 Å². The largest absolute Gasteiger partial charge is 0.303 e. The van der Waals surface area contributed by atoms with Crippen LogP contribution in [-0.2, 0) is 0 Å². The van der Waals surface area contributed by atoms with Crippen LogP contribution in [0.2, 0.25) is 0 Å². The Morgan fingerprint density at radius 2 is 1.94 bits per heavy atom. The van der Waals surface area contributed by atoms with Crippen molar-refractivity contribution >= 4 is 0 Å². The fraction of sp³-hybridized carbons (Fsp3) is 0.733. The molecule has 1 rings (SSSR count). The molecule has 0 radical (unpaired) electrons. The van der Waals surface area contributed by atoms with Gasteiger partial charge < -0.3 is 4.90 Å². The molecule has 1 saturated heterocycles. The quantitative estimate of drug-likeness (QED) is 0.634. The maximum atomic E-state index is 2.63. The molecule has 0 aromatic heterocycles. The second kappa shape index (κ2) is 7.67. The van der Waals surface area contributed by atoms with Gasteiger partial charge in [0.15, 0.2) is 0 Å². The second-order valence-electron chi connectivity index (χ2n) is 4.88. The van der Waals surface area contributed by atoms with E-state index in [0.29, 0.717) is 5.92 Å². The van der Waals surface area contributed by atoms with Crippen molar-refractivity contribution in [3.8, 4) is 0 Å². The molecule has 0 saturated carbocycles. The molecule has 1 atom stereocenters. The number of nitrogens with zero attached hydrogens (tertiary/aromatic N) is 1. The predicted octanol–water partition coefficient (Wildman–Crippen LogP) is 4.02. The lowest BCUT2D eigenvalue weighted by molar-refractivity contribution is 0.209. The fourth-order valence-electron chi connectivity index (χ4n) is 2.50. The fourth-order valence-corrected chi connectivity index (χ4v) is 2.50. The molecule has 1 fully saturated rings. The standard InChI is InChI=1S/C15H27N/c1-4-6-10-15(5-2)14(3)13-16-11-8-7-9-12-16/h4,6,10,14H,5,7-9,11-13H2,1-3H3/b6-4-,15-10+/t14-/m0/s1. The summed E-state index contributed by atoms with van der Waals surface area (Å²) in [5, 5.41) is 0. The Hall–Kier alpha value is -0.560. The molecule has 0 aliphatic carbocycles. The average molecular weight is 221 g/mol. The summed E-state index contributed by atoms with van der Waals surface area (Å²) in [5.41, 5.74) is 1.59. The van der Waals surface area contributed by atoms with Gasteiger partial charge in [0.2, 0.25) is 0 Å². The summed E-state index contributed by atoms with van der Waals surface area (Å²) in [4.78, 5) is 2.63. The van der Waals surface area contributed by atoms with E-state index in [-0.39, 0.29) is 0 Å². The molecule has 0 bridgehead atoms. The lowest BCUT2D eigenvalue weighted by Crippen LogP contribution is -2.33. The summed E-state index contributed by atoms with van der Waals surface area (Å²) in [7, 11) is 0. The Morgan fingerprint density at radius 1 is 1.25 bits per heavy atom. The van der Waals surface area contributed by atoms with Gasteiger partial charge >= 0.3 is 0 Å². The van der Waals surface area contributed by atoms with E-state index in [1.165, 1.54) is 45.3 Å². The van der Waals surface area contributed by atoms with E-state index in [0.717, 1.165) is 0 Å². The van der Waals surface area contributed by atoms with Gasteiger partial charge in [-0.2, -0.15) is 0 Å². The molecule has 1 aliphatic heterocycles. The van der Waals surface area contributed by atoms with Gasteiger partial charge in [0.1, 0.15) is 0 Å². The molecule has 0 aromatic rings. The number of hydrogen-bond acceptors (Lipinski definition) is 1. The zero-order valence-electron chi connectivity index (χ0n) is 11.2. The van der Waals surface area contributed by atoms with E-state index in [9.17, 15) is 0 Å². The number of likely N-dealkylation sites (tertiary alicyclic amines) is 1. The zero-order valence-corrected chi connectivity index (χ0v) is 11.2. The molecular weight excluding hydrogens is 194 g/mol. The molecule has 1 nitrogen and oxygen atoms in total. The summed E-state index contributed by atoms with van der Waals surface area (Å²) >= 11 is 0. The average Bonchev–Trinajstić information content (AvgIpc) is 2.31. The van der Waals surface area contributed by atoms with Gasteiger partial charge in [0.25, 0.3) is 0 Å². The molecular formula is C15H27N. The summed E-state index contributed by atoms with van der Waals surface area (Å²) in [6.07, 6.45) is 12.0. The minimum absolute atomic E-state index is 0.708. The lowest BCUT2D eigenvalue weighted by atomic mass is 9.96. The highest BCUT2D eigenvalue weighted by Crippen LogP contribution is 2.18. The van der Waals surface area contributed by atoms with E-state index in [2.05, 4.69) is 43.9 Å². The van der Waals surface area contributed by atoms with Crippen molar-refractivity contribution in [3.63, 3.8) is 0 Å². The maximum absolute atomic E-state index is 2.63. The van der Waals surface area contributed by atoms with Gasteiger partial charge in [-0.1, -0.05) is 44.1 Å². The van der Waals surface area contributed by atoms with E-state index in [1.54, 1.807) is 5.57 Å². The van der Waals surface area contributed by atoms with Crippen molar-refractivity contribution < 1.29 is 0 Å². The lowest BCUT2D eigenvalue weighted by Gasteiger charge is -2.29. The van der Waals surface area contributed by atoms with Crippen LogP contribution in [-0.4, -0.2) is 24.5 Å². The molecule has 1 heterocycles. The van der Waals surface area contributed by atoms with Crippen molar-refractivity contribution in [2.75, 3.05) is 19.6 Å². The molecule has 1 aliphatic rings. The Balaban J connectivity index is 2.44. The first-order valence-corrected chi connectivity index (χ1v) is 6.82. The summed E-state index contributed by atoms with van der Waals surface area (Å²) in [6, 6.07) is 0. The molecule has 92 valence electrons. The molecule has 1 heteroatoms. The zero-order chi connectivity index (χ0) is 11.8. The Labute approximate surface area is 101 Å². The highest BCUT2D eigenvalue weighted by Gasteiger charge is 2.14. The minimum atomic E-state index is 0.708. The van der Waals surface area contributed by atoms with E-state index in [1.807, 2.05) is 0 Å². The molecule has 0 N–H and O–H groups in total. The Kier molecular flexibility index (Phi) is 6.47. The number of hydrogen-bond donors (Lipinski definition) is 0. The van der Waals surface area contributed by atoms with Crippen LogP contribution in [0.1, 0.15) is 46.5 Å². The normalized spacial score (nSPS) is 21.6. The molecule has 0 aromatic carbocycles. The first kappa shape index (κ1) is 13.5. The van der Waals surface area contributed by atoms with Crippen LogP contribution in [0.5, 0.6) is 0 Å². The highest BCUT2D eigenvalue weighted by molar-refractivity contribution is 5.14. The van der Waals surface area contributed by atoms with Gasteiger partial charge in [-0.05, 0) is 45.2 Å². The van der Waals surface area contributed by atoms with Gasteiger partial charge in [-0.25, -0.2) is 0 Å². The van der Waals surface area contributed by atoms with Crippen molar-refractivity contribution in [1.82, 2.24) is 4.90 Å². The van der Waals surface area contributed by atoms with Crippen LogP contribution >= 0.6 is 0 Å². The molecule has 0 amide bonds. The van der Waals surface area contributed by atoms with Crippen LogP contribution in [0.15, 0.2) is 23.8 Å². The monoisotopic (exact) mass is 221 g/mol. The smallest absolute Gasteiger partial charge is 0.00445 e. The van der Waals surface area contributed by atoms with Crippen molar-refractivity contribution in [2.24, 2.45) is 5.92 Å². The summed E-state index contributed by atoms with van der Waals surface area (Å²) in [6.45, 7) is 10.6. The van der Waals surface area contributed by atoms with Crippen LogP contribution < -0.4 is 0 Å². The van der Waals surface area contributed by atoms with Crippen LogP contribution in [0.25, 0.3) is 0 Å². The van der Waals surface area contributed by atoms with Crippen LogP contribution in [0.3, 0.4) is 0 Å². The number of rotatable bonds is 5. The number of allylic oxidation sites excluding steroid dienone is 3. The Bertz CT molecular complexity index is 234. The van der Waals surface area contributed by atoms with E-state index < -0.39 is 0 Å². The molecule has 0 unspecified atom stereocenters. The summed E-state index contributed by atoms with van der Waals surface area (Å²) in [5.74, 6) is 0.708. The third-order valence-corrected chi connectivity index (χ3v) is 3.52. The van der Waals surface area contributed by atoms with Crippen molar-refractivity contribution in [1.29, 1.82) is 0 Å². The SMILES string of the molecule is C/C=C\C=C(/CC)[C@@H](C)CN1CCCCC1. The second-order valence-corrected chi connectivity index (χ2v) is 4.88. The number of piperidine rings is 1. The third kappa shape index (κ3) is 4.52. The first-order valence-electron chi connectivity index (χ1n) is 6.82. The Morgan fingerprint density at radius 3 is 2.50 bits per heavy atom. The van der Waals surface area contributed by atoms with E-state index in [4.69, 9.17) is 0 Å². The van der Waals surface area contributed by atoms with Crippen LogP contribution in [0.4, 0.5) is 0 Å². The summed E-state index contributed by atoms with van der Waals surface area (Å²) < 4.78 is 0. The van der Waals surface area contributed by atoms with Crippen molar-refractivity contribution in [2.45, 2.75) is 46.5 Å². The maximum Gasteiger partial charge on any atom is 0.00445 e. The van der Waals surface area contributed by atoms with Crippen molar-refractivity contribution in [3.05, 3.63) is 23.8 Å². The third-order valence-electron chi connectivity index (χ3n) is 3.52. The van der Waals surface area contributed by atoms with Gasteiger partial charge in [0.05, 0.1) is 0 Å².